The van der Waals surface area contributed by atoms with Crippen LogP contribution in [0.25, 0.3) is 0 Å². The van der Waals surface area contributed by atoms with Crippen molar-refractivity contribution in [1.29, 1.82) is 0 Å². The molecule has 2 amide bonds. The van der Waals surface area contributed by atoms with Gasteiger partial charge in [0.1, 0.15) is 5.60 Å². The molecule has 0 spiro atoms. The zero-order valence-electron chi connectivity index (χ0n) is 14.0. The highest BCUT2D eigenvalue weighted by atomic mass is 16.6. The van der Waals surface area contributed by atoms with Crippen molar-refractivity contribution >= 4 is 12.0 Å². The highest BCUT2D eigenvalue weighted by molar-refractivity contribution is 5.91. The lowest BCUT2D eigenvalue weighted by Crippen LogP contribution is -2.54. The fourth-order valence-electron chi connectivity index (χ4n) is 3.18. The second kappa shape index (κ2) is 5.86. The van der Waals surface area contributed by atoms with E-state index in [1.165, 1.54) is 0 Å². The maximum Gasteiger partial charge on any atom is 0.410 e. The lowest BCUT2D eigenvalue weighted by Gasteiger charge is -2.41. The van der Waals surface area contributed by atoms with Crippen LogP contribution in [0.15, 0.2) is 12.4 Å². The summed E-state index contributed by atoms with van der Waals surface area (Å²) in [6.07, 6.45) is 4.98. The minimum Gasteiger partial charge on any atom is -0.444 e. The van der Waals surface area contributed by atoms with Crippen molar-refractivity contribution in [2.75, 3.05) is 19.6 Å². The van der Waals surface area contributed by atoms with Gasteiger partial charge in [-0.15, -0.1) is 0 Å². The molecule has 0 N–H and O–H groups in total. The van der Waals surface area contributed by atoms with E-state index in [9.17, 15) is 9.59 Å². The molecule has 0 radical (unpaired) electrons. The van der Waals surface area contributed by atoms with Gasteiger partial charge in [-0.25, -0.2) is 9.78 Å². The van der Waals surface area contributed by atoms with Crippen LogP contribution in [-0.2, 0) is 11.3 Å². The van der Waals surface area contributed by atoms with Gasteiger partial charge >= 0.3 is 6.09 Å². The number of carbonyl (C=O) groups is 2. The summed E-state index contributed by atoms with van der Waals surface area (Å²) in [4.78, 5) is 32.6. The van der Waals surface area contributed by atoms with Crippen LogP contribution < -0.4 is 0 Å². The second-order valence-electron chi connectivity index (χ2n) is 7.17. The predicted octanol–water partition coefficient (Wildman–Crippen LogP) is 1.74. The Labute approximate surface area is 136 Å². The standard InChI is InChI=1S/C16H24N4O3/c1-16(2,3)23-15(22)19-7-4-5-12(11-19)20-10-9-18-8-6-17-13(18)14(20)21/h6,8,12H,4-5,7,9-11H2,1-3H3. The summed E-state index contributed by atoms with van der Waals surface area (Å²) in [5.74, 6) is 0.447. The first-order valence-electron chi connectivity index (χ1n) is 8.15. The molecule has 1 atom stereocenters. The monoisotopic (exact) mass is 320 g/mol. The molecule has 1 fully saturated rings. The average Bonchev–Trinajstić information content (AvgIpc) is 2.95. The van der Waals surface area contributed by atoms with Crippen LogP contribution in [0.4, 0.5) is 4.79 Å². The average molecular weight is 320 g/mol. The van der Waals surface area contributed by atoms with Crippen LogP contribution in [0.3, 0.4) is 0 Å². The van der Waals surface area contributed by atoms with E-state index in [0.717, 1.165) is 19.4 Å². The Morgan fingerprint density at radius 1 is 1.30 bits per heavy atom. The summed E-state index contributed by atoms with van der Waals surface area (Å²) in [6.45, 7) is 8.21. The molecule has 0 aliphatic carbocycles. The smallest absolute Gasteiger partial charge is 0.410 e. The zero-order chi connectivity index (χ0) is 16.6. The molecule has 1 aromatic heterocycles. The highest BCUT2D eigenvalue weighted by Crippen LogP contribution is 2.22. The van der Waals surface area contributed by atoms with E-state index >= 15 is 0 Å². The van der Waals surface area contributed by atoms with E-state index in [-0.39, 0.29) is 18.0 Å². The molecular weight excluding hydrogens is 296 g/mol. The summed E-state index contributed by atoms with van der Waals surface area (Å²) in [7, 11) is 0. The van der Waals surface area contributed by atoms with Crippen molar-refractivity contribution in [2.24, 2.45) is 0 Å². The number of fused-ring (bicyclic) bond motifs is 1. The minimum absolute atomic E-state index is 0.0363. The normalized spacial score (nSPS) is 22.0. The number of rotatable bonds is 1. The number of imidazole rings is 1. The number of carbonyl (C=O) groups excluding carboxylic acids is 2. The lowest BCUT2D eigenvalue weighted by molar-refractivity contribution is 0.00885. The number of likely N-dealkylation sites (tertiary alicyclic amines) is 1. The number of ether oxygens (including phenoxy) is 1. The van der Waals surface area contributed by atoms with Crippen molar-refractivity contribution in [3.8, 4) is 0 Å². The molecule has 0 bridgehead atoms. The van der Waals surface area contributed by atoms with E-state index in [1.807, 2.05) is 36.4 Å². The molecule has 23 heavy (non-hydrogen) atoms. The number of nitrogens with zero attached hydrogens (tertiary/aromatic N) is 4. The number of amides is 2. The van der Waals surface area contributed by atoms with Gasteiger partial charge in [0.15, 0.2) is 5.82 Å². The van der Waals surface area contributed by atoms with Gasteiger partial charge in [0, 0.05) is 44.6 Å². The van der Waals surface area contributed by atoms with Crippen LogP contribution in [0.1, 0.15) is 44.2 Å². The van der Waals surface area contributed by atoms with Gasteiger partial charge in [-0.05, 0) is 33.6 Å². The summed E-state index contributed by atoms with van der Waals surface area (Å²) in [5, 5.41) is 0. The van der Waals surface area contributed by atoms with E-state index in [4.69, 9.17) is 4.74 Å². The van der Waals surface area contributed by atoms with Crippen LogP contribution in [0, 0.1) is 0 Å². The van der Waals surface area contributed by atoms with E-state index in [0.29, 0.717) is 25.5 Å². The molecular formula is C16H24N4O3. The molecule has 3 heterocycles. The predicted molar refractivity (Wildman–Crippen MR) is 84.1 cm³/mol. The van der Waals surface area contributed by atoms with Gasteiger partial charge in [-0.3, -0.25) is 4.79 Å². The summed E-state index contributed by atoms with van der Waals surface area (Å²) in [5.41, 5.74) is -0.504. The topological polar surface area (TPSA) is 67.7 Å². The Bertz CT molecular complexity index is 605. The number of hydrogen-bond donors (Lipinski definition) is 0. The van der Waals surface area contributed by atoms with Gasteiger partial charge in [0.05, 0.1) is 0 Å². The maximum absolute atomic E-state index is 12.6. The van der Waals surface area contributed by atoms with Crippen molar-refractivity contribution in [2.45, 2.75) is 51.8 Å². The minimum atomic E-state index is -0.504. The Morgan fingerprint density at radius 2 is 2.09 bits per heavy atom. The van der Waals surface area contributed by atoms with Crippen LogP contribution in [0.2, 0.25) is 0 Å². The molecule has 3 rings (SSSR count). The highest BCUT2D eigenvalue weighted by Gasteiger charge is 2.35. The molecule has 2 aliphatic rings. The summed E-state index contributed by atoms with van der Waals surface area (Å²) in [6, 6.07) is 0.0363. The van der Waals surface area contributed by atoms with E-state index in [1.54, 1.807) is 11.1 Å². The quantitative estimate of drug-likeness (QED) is 0.790. The number of piperidine rings is 1. The Balaban J connectivity index is 1.67. The third-order valence-electron chi connectivity index (χ3n) is 4.24. The molecule has 2 aliphatic heterocycles. The first-order valence-corrected chi connectivity index (χ1v) is 8.15. The maximum atomic E-state index is 12.6. The fraction of sp³-hybridized carbons (Fsp3) is 0.688. The number of hydrogen-bond acceptors (Lipinski definition) is 4. The lowest BCUT2D eigenvalue weighted by atomic mass is 10.0. The Kier molecular flexibility index (Phi) is 4.04. The fourth-order valence-corrected chi connectivity index (χ4v) is 3.18. The molecule has 126 valence electrons. The molecule has 0 aromatic carbocycles. The molecule has 7 heteroatoms. The van der Waals surface area contributed by atoms with Gasteiger partial charge in [0.2, 0.25) is 0 Å². The summed E-state index contributed by atoms with van der Waals surface area (Å²) < 4.78 is 7.33. The third-order valence-corrected chi connectivity index (χ3v) is 4.24. The summed E-state index contributed by atoms with van der Waals surface area (Å²) >= 11 is 0. The van der Waals surface area contributed by atoms with Crippen LogP contribution >= 0.6 is 0 Å². The second-order valence-corrected chi connectivity index (χ2v) is 7.17. The largest absolute Gasteiger partial charge is 0.444 e. The van der Waals surface area contributed by atoms with Gasteiger partial charge < -0.3 is 19.1 Å². The zero-order valence-corrected chi connectivity index (χ0v) is 14.0. The first-order chi connectivity index (χ1) is 10.8. The Hall–Kier alpha value is -2.05. The van der Waals surface area contributed by atoms with Gasteiger partial charge in [-0.2, -0.15) is 0 Å². The van der Waals surface area contributed by atoms with E-state index in [2.05, 4.69) is 4.98 Å². The molecule has 1 unspecified atom stereocenters. The molecule has 1 aromatic rings. The van der Waals surface area contributed by atoms with Crippen molar-refractivity contribution in [3.63, 3.8) is 0 Å². The Morgan fingerprint density at radius 3 is 2.83 bits per heavy atom. The van der Waals surface area contributed by atoms with E-state index < -0.39 is 5.60 Å². The van der Waals surface area contributed by atoms with Crippen molar-refractivity contribution in [3.05, 3.63) is 18.2 Å². The molecule has 0 saturated carbocycles. The SMILES string of the molecule is CC(C)(C)OC(=O)N1CCCC(N2CCn3ccnc3C2=O)C1. The third kappa shape index (κ3) is 3.33. The first kappa shape index (κ1) is 15.8. The van der Waals surface area contributed by atoms with Crippen LogP contribution in [-0.4, -0.2) is 62.6 Å². The molecule has 1 saturated heterocycles. The van der Waals surface area contributed by atoms with Crippen molar-refractivity contribution in [1.82, 2.24) is 19.4 Å². The van der Waals surface area contributed by atoms with Gasteiger partial charge in [-0.1, -0.05) is 0 Å². The van der Waals surface area contributed by atoms with Crippen LogP contribution in [0.5, 0.6) is 0 Å². The number of aromatic nitrogens is 2. The van der Waals surface area contributed by atoms with Gasteiger partial charge in [0.25, 0.3) is 5.91 Å². The molecule has 7 nitrogen and oxygen atoms in total. The van der Waals surface area contributed by atoms with Crippen molar-refractivity contribution < 1.29 is 14.3 Å².